The van der Waals surface area contributed by atoms with Crippen LogP contribution < -0.4 is 0 Å². The maximum atomic E-state index is 3.72. The van der Waals surface area contributed by atoms with Gasteiger partial charge in [0, 0.05) is 9.52 Å². The minimum absolute atomic E-state index is 0. The molecule has 2 radical (unpaired) electrons. The molecule has 0 nitrogen and oxygen atoms in total. The summed E-state index contributed by atoms with van der Waals surface area (Å²) in [5.74, 6) is 0. The van der Waals surface area contributed by atoms with Crippen LogP contribution in [0.5, 0.6) is 0 Å². The Morgan fingerprint density at radius 1 is 0.676 bits per heavy atom. The van der Waals surface area contributed by atoms with Gasteiger partial charge in [0.15, 0.2) is 0 Å². The van der Waals surface area contributed by atoms with Crippen molar-refractivity contribution in [1.29, 1.82) is 0 Å². The van der Waals surface area contributed by atoms with Crippen LogP contribution >= 0.6 is 0 Å². The molecular formula is C35H42SiTi. The van der Waals surface area contributed by atoms with Crippen molar-refractivity contribution < 1.29 is 21.7 Å². The molecule has 0 spiro atoms. The maximum absolute atomic E-state index is 3.72. The van der Waals surface area contributed by atoms with Crippen LogP contribution in [0.15, 0.2) is 103 Å². The summed E-state index contributed by atoms with van der Waals surface area (Å²) in [6.07, 6.45) is 5.46. The smallest absolute Gasteiger partial charge is 0.207 e. The zero-order valence-electron chi connectivity index (χ0n) is 23.0. The van der Waals surface area contributed by atoms with Crippen molar-refractivity contribution in [2.45, 2.75) is 57.5 Å². The van der Waals surface area contributed by atoms with Crippen LogP contribution in [0, 0.1) is 20.8 Å². The van der Waals surface area contributed by atoms with Crippen molar-refractivity contribution >= 4 is 9.52 Å². The molecule has 0 N–H and O–H groups in total. The fraction of sp³-hybridized carbons (Fsp3) is 0.257. The minimum atomic E-state index is 0. The average molecular weight is 539 g/mol. The molecule has 4 aromatic rings. The molecule has 0 saturated carbocycles. The molecule has 1 aliphatic carbocycles. The quantitative estimate of drug-likeness (QED) is 0.176. The third-order valence-electron chi connectivity index (χ3n) is 5.63. The summed E-state index contributed by atoms with van der Waals surface area (Å²) in [6, 6.07) is 35.8. The molecule has 190 valence electrons. The predicted octanol–water partition coefficient (Wildman–Crippen LogP) is 9.31. The summed E-state index contributed by atoms with van der Waals surface area (Å²) in [5.41, 5.74) is 8.10. The zero-order chi connectivity index (χ0) is 26.2. The first kappa shape index (κ1) is 32.6. The van der Waals surface area contributed by atoms with Gasteiger partial charge in [0.2, 0.25) is 0 Å². The van der Waals surface area contributed by atoms with Crippen LogP contribution in [0.2, 0.25) is 5.04 Å². The van der Waals surface area contributed by atoms with E-state index in [9.17, 15) is 0 Å². The molecule has 1 aliphatic rings. The molecule has 0 aliphatic heterocycles. The number of rotatable bonds is 2. The van der Waals surface area contributed by atoms with E-state index in [4.69, 9.17) is 0 Å². The summed E-state index contributed by atoms with van der Waals surface area (Å²) < 4.78 is 0. The fourth-order valence-corrected chi connectivity index (χ4v) is 4.61. The number of hydrogen-bond acceptors (Lipinski definition) is 0. The third kappa shape index (κ3) is 15.4. The van der Waals surface area contributed by atoms with Gasteiger partial charge in [0.25, 0.3) is 0 Å². The van der Waals surface area contributed by atoms with Gasteiger partial charge in [-0.1, -0.05) is 70.7 Å². The van der Waals surface area contributed by atoms with E-state index in [1.807, 2.05) is 91.0 Å². The van der Waals surface area contributed by atoms with Crippen molar-refractivity contribution in [3.63, 3.8) is 0 Å². The van der Waals surface area contributed by atoms with Crippen LogP contribution in [-0.4, -0.2) is 9.52 Å². The van der Waals surface area contributed by atoms with Crippen molar-refractivity contribution in [3.8, 4) is 0 Å². The Hall–Kier alpha value is -2.45. The van der Waals surface area contributed by atoms with E-state index in [1.165, 1.54) is 31.7 Å². The molecule has 5 rings (SSSR count). The fourth-order valence-electron chi connectivity index (χ4n) is 3.67. The van der Waals surface area contributed by atoms with E-state index in [0.29, 0.717) is 5.04 Å². The van der Waals surface area contributed by atoms with Gasteiger partial charge in [0.05, 0.1) is 0 Å². The Balaban J connectivity index is 0.000000264. The van der Waals surface area contributed by atoms with Crippen LogP contribution in [-0.2, 0) is 40.6 Å². The molecule has 0 bridgehead atoms. The molecule has 0 unspecified atom stereocenters. The van der Waals surface area contributed by atoms with Crippen molar-refractivity contribution in [3.05, 3.63) is 157 Å². The summed E-state index contributed by atoms with van der Waals surface area (Å²) in [6.45, 7) is 18.2. The maximum Gasteiger partial charge on any atom is 4.00 e. The second-order valence-corrected chi connectivity index (χ2v) is 12.4. The van der Waals surface area contributed by atoms with Crippen LogP contribution in [0.1, 0.15) is 67.0 Å². The second kappa shape index (κ2) is 17.9. The van der Waals surface area contributed by atoms with Gasteiger partial charge in [-0.3, -0.25) is 0 Å². The molecule has 0 amide bonds. The number of fused-ring (bicyclic) bond motifs is 1. The van der Waals surface area contributed by atoms with Gasteiger partial charge in [-0.05, 0) is 5.04 Å². The second-order valence-electron chi connectivity index (χ2n) is 10.2. The van der Waals surface area contributed by atoms with Crippen LogP contribution in [0.3, 0.4) is 0 Å². The number of hydrogen-bond donors (Lipinski definition) is 0. The van der Waals surface area contributed by atoms with E-state index in [-0.39, 0.29) is 21.7 Å². The monoisotopic (exact) mass is 538 g/mol. The zero-order valence-corrected chi connectivity index (χ0v) is 25.5. The normalized spacial score (nSPS) is 11.5. The molecular weight excluding hydrogens is 496 g/mol. The van der Waals surface area contributed by atoms with E-state index >= 15 is 0 Å². The first-order chi connectivity index (χ1) is 17.2. The molecule has 0 saturated heterocycles. The van der Waals surface area contributed by atoms with Gasteiger partial charge < -0.3 is 0 Å². The first-order valence-corrected chi connectivity index (χ1v) is 14.1. The molecule has 37 heavy (non-hydrogen) atoms. The van der Waals surface area contributed by atoms with Gasteiger partial charge in [0.1, 0.15) is 0 Å². The van der Waals surface area contributed by atoms with E-state index in [1.54, 1.807) is 16.7 Å². The Morgan fingerprint density at radius 2 is 1.08 bits per heavy atom. The van der Waals surface area contributed by atoms with E-state index < -0.39 is 0 Å². The van der Waals surface area contributed by atoms with Crippen molar-refractivity contribution in [2.24, 2.45) is 0 Å². The largest absolute Gasteiger partial charge is 4.00 e. The Labute approximate surface area is 245 Å². The number of benzene rings is 3. The minimum Gasteiger partial charge on any atom is -0.207 e. The SMILES string of the molecule is CC(C)(C)[Si]Cc1cc2c([cH-]1)CCCC2.[CH2-]c1ccccc1.[CH2-]c1ccccc1.[CH2-]c1ccccc1.[Ti+4]. The van der Waals surface area contributed by atoms with Gasteiger partial charge in [-0.2, -0.15) is 96.6 Å². The van der Waals surface area contributed by atoms with Crippen molar-refractivity contribution in [2.75, 3.05) is 0 Å². The van der Waals surface area contributed by atoms with Gasteiger partial charge >= 0.3 is 21.7 Å². The van der Waals surface area contributed by atoms with Crippen LogP contribution in [0.4, 0.5) is 0 Å². The first-order valence-electron chi connectivity index (χ1n) is 12.9. The standard InChI is InChI=1S/C14H21Si.3C7H7.Ti/c1-14(2,3)15-10-11-8-12-6-4-5-7-13(12)9-11;3*1-7-5-3-2-4-6-7;/h8-9H,4-7,10H2,1-3H3;3*2-6H,1H2;/q4*-1;+4. The molecule has 0 atom stereocenters. The Kier molecular flexibility index (Phi) is 15.8. The van der Waals surface area contributed by atoms with E-state index in [2.05, 4.69) is 53.7 Å². The topological polar surface area (TPSA) is 0 Å². The summed E-state index contributed by atoms with van der Waals surface area (Å²) in [5, 5.41) is 0.498. The third-order valence-corrected chi connectivity index (χ3v) is 7.27. The Morgan fingerprint density at radius 3 is 1.41 bits per heavy atom. The van der Waals surface area contributed by atoms with Crippen LogP contribution in [0.25, 0.3) is 0 Å². The van der Waals surface area contributed by atoms with Gasteiger partial charge in [-0.15, -0.1) is 36.4 Å². The van der Waals surface area contributed by atoms with Gasteiger partial charge in [-0.25, -0.2) is 6.07 Å². The molecule has 2 heteroatoms. The molecule has 0 heterocycles. The summed E-state index contributed by atoms with van der Waals surface area (Å²) in [7, 11) is 1.05. The summed E-state index contributed by atoms with van der Waals surface area (Å²) in [4.78, 5) is 0. The average Bonchev–Trinajstić information content (AvgIpc) is 3.28. The van der Waals surface area contributed by atoms with E-state index in [0.717, 1.165) is 26.2 Å². The number of aryl methyl sites for hydroxylation is 2. The predicted molar refractivity (Wildman–Crippen MR) is 161 cm³/mol. The van der Waals surface area contributed by atoms with Crippen molar-refractivity contribution in [1.82, 2.24) is 0 Å². The molecule has 4 aromatic carbocycles. The molecule has 0 fully saturated rings. The molecule has 0 aromatic heterocycles. The summed E-state index contributed by atoms with van der Waals surface area (Å²) >= 11 is 0. The Bertz CT molecular complexity index is 964.